The summed E-state index contributed by atoms with van der Waals surface area (Å²) in [6.07, 6.45) is 2.10. The van der Waals surface area contributed by atoms with Crippen LogP contribution in [0, 0.1) is 0 Å². The van der Waals surface area contributed by atoms with E-state index in [1.165, 1.54) is 6.20 Å². The number of hydrogen-bond acceptors (Lipinski definition) is 5. The van der Waals surface area contributed by atoms with Crippen LogP contribution in [0.25, 0.3) is 0 Å². The van der Waals surface area contributed by atoms with Crippen LogP contribution in [0.4, 0.5) is 0 Å². The fourth-order valence-corrected chi connectivity index (χ4v) is 1.84. The molecule has 1 heterocycles. The first-order valence-electron chi connectivity index (χ1n) is 6.55. The Labute approximate surface area is 122 Å². The molecule has 0 aliphatic heterocycles. The maximum absolute atomic E-state index is 10.7. The fraction of sp³-hybridized carbons (Fsp3) is 0.357. The summed E-state index contributed by atoms with van der Waals surface area (Å²) in [4.78, 5) is 10.7. The van der Waals surface area contributed by atoms with Crippen molar-refractivity contribution < 1.29 is 19.4 Å². The molecular formula is C14H17N3O4. The van der Waals surface area contributed by atoms with E-state index >= 15 is 0 Å². The van der Waals surface area contributed by atoms with Gasteiger partial charge in [0.25, 0.3) is 0 Å². The van der Waals surface area contributed by atoms with Crippen molar-refractivity contribution in [1.29, 1.82) is 0 Å². The minimum Gasteiger partial charge on any atom is -0.497 e. The number of nitrogens with zero attached hydrogens (tertiary/aromatic N) is 3. The molecule has 0 unspecified atom stereocenters. The molecule has 1 aromatic heterocycles. The molecule has 0 aliphatic rings. The van der Waals surface area contributed by atoms with Gasteiger partial charge in [0.05, 0.1) is 32.0 Å². The number of rotatable bonds is 8. The van der Waals surface area contributed by atoms with Gasteiger partial charge in [0.15, 0.2) is 0 Å². The zero-order chi connectivity index (χ0) is 15.1. The van der Waals surface area contributed by atoms with Crippen LogP contribution in [0.5, 0.6) is 11.5 Å². The lowest BCUT2D eigenvalue weighted by atomic mass is 10.3. The van der Waals surface area contributed by atoms with Gasteiger partial charge in [0.2, 0.25) is 0 Å². The van der Waals surface area contributed by atoms with Crippen molar-refractivity contribution in [1.82, 2.24) is 15.0 Å². The molecule has 112 valence electrons. The molecule has 0 aliphatic carbocycles. The molecule has 7 nitrogen and oxygen atoms in total. The number of aryl methyl sites for hydroxylation is 1. The van der Waals surface area contributed by atoms with Crippen LogP contribution in [0.1, 0.15) is 12.1 Å². The first-order valence-corrected chi connectivity index (χ1v) is 6.55. The number of carboxylic acids is 1. The second-order valence-electron chi connectivity index (χ2n) is 4.40. The third kappa shape index (κ3) is 4.48. The Balaban J connectivity index is 1.76. The number of methoxy groups -OCH3 is 1. The molecule has 2 aromatic rings. The zero-order valence-electron chi connectivity index (χ0n) is 11.7. The van der Waals surface area contributed by atoms with Crippen molar-refractivity contribution in [2.75, 3.05) is 13.7 Å². The first kappa shape index (κ1) is 14.8. The lowest BCUT2D eigenvalue weighted by Crippen LogP contribution is -2.11. The number of carboxylic acid groups (broad SMARTS) is 1. The lowest BCUT2D eigenvalue weighted by Gasteiger charge is -2.08. The second-order valence-corrected chi connectivity index (χ2v) is 4.40. The van der Waals surface area contributed by atoms with Gasteiger partial charge in [-0.3, -0.25) is 4.79 Å². The van der Waals surface area contributed by atoms with Crippen LogP contribution in [-0.4, -0.2) is 39.8 Å². The van der Waals surface area contributed by atoms with Gasteiger partial charge in [-0.2, -0.15) is 0 Å². The molecule has 0 radical (unpaired) electrons. The zero-order valence-corrected chi connectivity index (χ0v) is 11.7. The highest BCUT2D eigenvalue weighted by atomic mass is 16.5. The minimum atomic E-state index is -0.895. The Morgan fingerprint density at radius 3 is 2.67 bits per heavy atom. The third-order valence-corrected chi connectivity index (χ3v) is 2.87. The molecule has 2 rings (SSSR count). The van der Waals surface area contributed by atoms with Crippen molar-refractivity contribution in [3.05, 3.63) is 36.2 Å². The van der Waals surface area contributed by atoms with Crippen LogP contribution >= 0.6 is 0 Å². The van der Waals surface area contributed by atoms with Gasteiger partial charge in [-0.1, -0.05) is 5.21 Å². The Kier molecular flexibility index (Phi) is 5.14. The predicted octanol–water partition coefficient (Wildman–Crippen LogP) is 1.38. The molecule has 7 heteroatoms. The Morgan fingerprint density at radius 2 is 2.00 bits per heavy atom. The van der Waals surface area contributed by atoms with E-state index in [2.05, 4.69) is 10.3 Å². The average Bonchev–Trinajstić information content (AvgIpc) is 2.91. The Hall–Kier alpha value is -2.57. The van der Waals surface area contributed by atoms with Gasteiger partial charge in [0.1, 0.15) is 11.5 Å². The van der Waals surface area contributed by atoms with Gasteiger partial charge >= 0.3 is 5.97 Å². The summed E-state index contributed by atoms with van der Waals surface area (Å²) in [7, 11) is 1.61. The number of benzene rings is 1. The van der Waals surface area contributed by atoms with Crippen molar-refractivity contribution in [3.63, 3.8) is 0 Å². The summed E-state index contributed by atoms with van der Waals surface area (Å²) in [5, 5.41) is 16.4. The Bertz CT molecular complexity index is 580. The average molecular weight is 291 g/mol. The monoisotopic (exact) mass is 291 g/mol. The first-order chi connectivity index (χ1) is 10.2. The van der Waals surface area contributed by atoms with Crippen molar-refractivity contribution in [2.24, 2.45) is 0 Å². The van der Waals surface area contributed by atoms with E-state index in [0.717, 1.165) is 11.5 Å². The summed E-state index contributed by atoms with van der Waals surface area (Å²) >= 11 is 0. The van der Waals surface area contributed by atoms with E-state index in [9.17, 15) is 4.79 Å². The van der Waals surface area contributed by atoms with Gasteiger partial charge < -0.3 is 14.6 Å². The van der Waals surface area contributed by atoms with Crippen LogP contribution in [0.15, 0.2) is 30.5 Å². The second kappa shape index (κ2) is 7.28. The Morgan fingerprint density at radius 1 is 1.29 bits per heavy atom. The van der Waals surface area contributed by atoms with Crippen LogP contribution in [-0.2, 0) is 17.8 Å². The lowest BCUT2D eigenvalue weighted by molar-refractivity contribution is -0.136. The number of aliphatic carboxylic acids is 1. The maximum atomic E-state index is 10.7. The fourth-order valence-electron chi connectivity index (χ4n) is 1.84. The quantitative estimate of drug-likeness (QED) is 0.739. The van der Waals surface area contributed by atoms with Crippen LogP contribution in [0.3, 0.4) is 0 Å². The molecule has 0 fully saturated rings. The molecule has 21 heavy (non-hydrogen) atoms. The van der Waals surface area contributed by atoms with Crippen LogP contribution < -0.4 is 9.47 Å². The molecule has 0 amide bonds. The van der Waals surface area contributed by atoms with E-state index in [4.69, 9.17) is 14.6 Å². The van der Waals surface area contributed by atoms with Crippen molar-refractivity contribution >= 4 is 5.97 Å². The maximum Gasteiger partial charge on any atom is 0.309 e. The summed E-state index contributed by atoms with van der Waals surface area (Å²) in [6.45, 7) is 1.08. The number of ether oxygens (including phenoxy) is 2. The molecule has 0 saturated carbocycles. The van der Waals surface area contributed by atoms with E-state index < -0.39 is 5.97 Å². The highest BCUT2D eigenvalue weighted by Crippen LogP contribution is 2.17. The van der Waals surface area contributed by atoms with Crippen molar-refractivity contribution in [2.45, 2.75) is 19.4 Å². The normalized spacial score (nSPS) is 10.3. The van der Waals surface area contributed by atoms with Gasteiger partial charge in [-0.05, 0) is 24.3 Å². The highest BCUT2D eigenvalue weighted by Gasteiger charge is 2.07. The van der Waals surface area contributed by atoms with E-state index in [0.29, 0.717) is 25.3 Å². The van der Waals surface area contributed by atoms with E-state index in [-0.39, 0.29) is 6.42 Å². The summed E-state index contributed by atoms with van der Waals surface area (Å²) in [5.41, 5.74) is 0.590. The van der Waals surface area contributed by atoms with Gasteiger partial charge in [-0.25, -0.2) is 4.68 Å². The molecule has 0 saturated heterocycles. The molecule has 0 bridgehead atoms. The highest BCUT2D eigenvalue weighted by molar-refractivity contribution is 5.69. The van der Waals surface area contributed by atoms with Gasteiger partial charge in [-0.15, -0.1) is 5.10 Å². The third-order valence-electron chi connectivity index (χ3n) is 2.87. The number of aromatic nitrogens is 3. The predicted molar refractivity (Wildman–Crippen MR) is 74.5 cm³/mol. The largest absolute Gasteiger partial charge is 0.497 e. The summed E-state index contributed by atoms with van der Waals surface area (Å²) in [6, 6.07) is 7.34. The molecule has 1 aromatic carbocycles. The topological polar surface area (TPSA) is 86.5 Å². The summed E-state index contributed by atoms with van der Waals surface area (Å²) < 4.78 is 12.2. The smallest absolute Gasteiger partial charge is 0.309 e. The number of hydrogen-bond donors (Lipinski definition) is 1. The minimum absolute atomic E-state index is 0.0770. The molecular weight excluding hydrogens is 274 g/mol. The number of carbonyl (C=O) groups is 1. The van der Waals surface area contributed by atoms with Gasteiger partial charge in [0, 0.05) is 13.0 Å². The van der Waals surface area contributed by atoms with Crippen LogP contribution in [0.2, 0.25) is 0 Å². The van der Waals surface area contributed by atoms with E-state index in [1.807, 2.05) is 24.3 Å². The molecule has 0 spiro atoms. The van der Waals surface area contributed by atoms with E-state index in [1.54, 1.807) is 11.8 Å². The molecule has 0 atom stereocenters. The summed E-state index contributed by atoms with van der Waals surface area (Å²) in [5.74, 6) is 0.650. The van der Waals surface area contributed by atoms with Crippen molar-refractivity contribution in [3.8, 4) is 11.5 Å². The standard InChI is InChI=1S/C14H17N3O4/c1-20-12-3-5-13(6-4-12)21-8-2-7-17-11(9-14(18)19)10-15-16-17/h3-6,10H,2,7-9H2,1H3,(H,18,19). The molecule has 1 N–H and O–H groups in total. The SMILES string of the molecule is COc1ccc(OCCCn2nncc2CC(=O)O)cc1.